The molecule has 2 aromatic rings. The molecule has 2 aliphatic heterocycles. The van der Waals surface area contributed by atoms with Gasteiger partial charge in [0.1, 0.15) is 5.84 Å². The lowest BCUT2D eigenvalue weighted by Crippen LogP contribution is -2.58. The van der Waals surface area contributed by atoms with Crippen LogP contribution in [-0.2, 0) is 6.54 Å². The summed E-state index contributed by atoms with van der Waals surface area (Å²) in [5.74, 6) is 1.64. The topological polar surface area (TPSA) is 48.5 Å². The van der Waals surface area contributed by atoms with Crippen LogP contribution in [0.4, 0.5) is 11.4 Å². The molecule has 0 amide bonds. The first-order chi connectivity index (χ1) is 12.7. The van der Waals surface area contributed by atoms with E-state index in [0.29, 0.717) is 5.92 Å². The maximum Gasteiger partial charge on any atom is 0.128 e. The summed E-state index contributed by atoms with van der Waals surface area (Å²) >= 11 is 0. The molecule has 3 N–H and O–H groups in total. The van der Waals surface area contributed by atoms with E-state index in [4.69, 9.17) is 4.99 Å². The van der Waals surface area contributed by atoms with Crippen LogP contribution >= 0.6 is 0 Å². The van der Waals surface area contributed by atoms with E-state index in [9.17, 15) is 0 Å². The van der Waals surface area contributed by atoms with Gasteiger partial charge in [-0.05, 0) is 55.1 Å². The van der Waals surface area contributed by atoms with Gasteiger partial charge in [0.25, 0.3) is 0 Å². The number of nitrogens with zero attached hydrogens (tertiary/aromatic N) is 1. The zero-order chi connectivity index (χ0) is 18.0. The second-order valence-corrected chi connectivity index (χ2v) is 7.68. The van der Waals surface area contributed by atoms with Crippen molar-refractivity contribution < 1.29 is 0 Å². The summed E-state index contributed by atoms with van der Waals surface area (Å²) in [7, 11) is 0. The average molecular weight is 348 g/mol. The predicted molar refractivity (Wildman–Crippen MR) is 109 cm³/mol. The molecular formula is C22H28N4. The minimum atomic E-state index is -0.0858. The zero-order valence-corrected chi connectivity index (χ0v) is 15.7. The molecule has 0 radical (unpaired) electrons. The van der Waals surface area contributed by atoms with Gasteiger partial charge in [0.15, 0.2) is 0 Å². The Morgan fingerprint density at radius 2 is 1.77 bits per heavy atom. The standard InChI is InChI=1S/C22H28N4/c1-16(2)18-9-7-17(8-10-18)15-24-21-22(11-13-23-14-12-22)26-20-6-4-3-5-19(20)25-21/h3-10,16,23,26H,11-15H2,1-2H3,(H,24,25). The molecule has 4 heteroatoms. The summed E-state index contributed by atoms with van der Waals surface area (Å²) in [6.07, 6.45) is 2.08. The number of hydrogen-bond acceptors (Lipinski definition) is 4. The molecule has 26 heavy (non-hydrogen) atoms. The first-order valence-electron chi connectivity index (χ1n) is 9.66. The Kier molecular flexibility index (Phi) is 4.68. The van der Waals surface area contributed by atoms with E-state index in [0.717, 1.165) is 49.7 Å². The molecule has 4 rings (SSSR count). The van der Waals surface area contributed by atoms with Crippen LogP contribution in [0.25, 0.3) is 0 Å². The van der Waals surface area contributed by atoms with Gasteiger partial charge in [0.05, 0.1) is 16.9 Å². The smallest absolute Gasteiger partial charge is 0.128 e. The zero-order valence-electron chi connectivity index (χ0n) is 15.7. The number of nitrogens with one attached hydrogen (secondary N) is 3. The second-order valence-electron chi connectivity index (χ2n) is 7.68. The molecule has 0 aliphatic carbocycles. The number of fused-ring (bicyclic) bond motifs is 1. The Morgan fingerprint density at radius 1 is 1.04 bits per heavy atom. The number of rotatable bonds is 3. The Labute approximate surface area is 156 Å². The van der Waals surface area contributed by atoms with Crippen LogP contribution in [0.2, 0.25) is 0 Å². The monoisotopic (exact) mass is 348 g/mol. The highest BCUT2D eigenvalue weighted by Crippen LogP contribution is 2.36. The highest BCUT2D eigenvalue weighted by Gasteiger charge is 2.40. The van der Waals surface area contributed by atoms with Crippen LogP contribution in [0, 0.1) is 0 Å². The van der Waals surface area contributed by atoms with E-state index >= 15 is 0 Å². The normalized spacial score (nSPS) is 18.2. The third kappa shape index (κ3) is 3.34. The molecule has 0 aromatic heterocycles. The number of amidine groups is 1. The van der Waals surface area contributed by atoms with Crippen molar-refractivity contribution >= 4 is 17.2 Å². The van der Waals surface area contributed by atoms with E-state index in [1.54, 1.807) is 0 Å². The first kappa shape index (κ1) is 17.1. The average Bonchev–Trinajstić information content (AvgIpc) is 2.67. The highest BCUT2D eigenvalue weighted by atomic mass is 15.2. The second kappa shape index (κ2) is 7.12. The summed E-state index contributed by atoms with van der Waals surface area (Å²) in [5.41, 5.74) is 4.75. The van der Waals surface area contributed by atoms with Gasteiger partial charge in [0, 0.05) is 6.54 Å². The summed E-state index contributed by atoms with van der Waals surface area (Å²) < 4.78 is 0. The largest absolute Gasteiger partial charge is 0.371 e. The highest BCUT2D eigenvalue weighted by molar-refractivity contribution is 6.00. The fraction of sp³-hybridized carbons (Fsp3) is 0.409. The van der Waals surface area contributed by atoms with Crippen molar-refractivity contribution in [3.63, 3.8) is 0 Å². The predicted octanol–water partition coefficient (Wildman–Crippen LogP) is 4.18. The van der Waals surface area contributed by atoms with Crippen LogP contribution in [0.1, 0.15) is 43.7 Å². The van der Waals surface area contributed by atoms with E-state index < -0.39 is 0 Å². The van der Waals surface area contributed by atoms with Crippen molar-refractivity contribution in [3.8, 4) is 0 Å². The lowest BCUT2D eigenvalue weighted by atomic mass is 9.85. The van der Waals surface area contributed by atoms with Crippen molar-refractivity contribution in [2.75, 3.05) is 18.4 Å². The van der Waals surface area contributed by atoms with Gasteiger partial charge in [-0.3, -0.25) is 0 Å². The Bertz CT molecular complexity index is 786. The summed E-state index contributed by atoms with van der Waals surface area (Å²) in [4.78, 5) is 5.00. The molecule has 1 spiro atoms. The molecule has 2 heterocycles. The van der Waals surface area contributed by atoms with Gasteiger partial charge in [0.2, 0.25) is 0 Å². The molecule has 4 nitrogen and oxygen atoms in total. The quantitative estimate of drug-likeness (QED) is 0.780. The lowest BCUT2D eigenvalue weighted by Gasteiger charge is -2.43. The van der Waals surface area contributed by atoms with Crippen LogP contribution in [0.15, 0.2) is 53.5 Å². The van der Waals surface area contributed by atoms with Crippen molar-refractivity contribution in [1.82, 2.24) is 10.6 Å². The number of hydrogen-bond donors (Lipinski definition) is 3. The van der Waals surface area contributed by atoms with E-state index in [1.165, 1.54) is 11.1 Å². The van der Waals surface area contributed by atoms with Gasteiger partial charge in [-0.1, -0.05) is 50.2 Å². The summed E-state index contributed by atoms with van der Waals surface area (Å²) in [5, 5.41) is 10.9. The molecule has 136 valence electrons. The van der Waals surface area contributed by atoms with Crippen LogP contribution in [0.3, 0.4) is 0 Å². The SMILES string of the molecule is CC(C)c1ccc(CNC2=Nc3ccccc3NC23CCNCC3)cc1. The summed E-state index contributed by atoms with van der Waals surface area (Å²) in [6.45, 7) is 7.29. The Morgan fingerprint density at radius 3 is 2.50 bits per heavy atom. The molecule has 0 atom stereocenters. The van der Waals surface area contributed by atoms with Gasteiger partial charge >= 0.3 is 0 Å². The van der Waals surface area contributed by atoms with Crippen LogP contribution < -0.4 is 16.0 Å². The van der Waals surface area contributed by atoms with Crippen LogP contribution in [-0.4, -0.2) is 24.5 Å². The molecule has 0 bridgehead atoms. The van der Waals surface area contributed by atoms with Gasteiger partial charge < -0.3 is 16.0 Å². The van der Waals surface area contributed by atoms with E-state index in [1.807, 2.05) is 6.07 Å². The third-order valence-electron chi connectivity index (χ3n) is 5.53. The number of benzene rings is 2. The Hall–Kier alpha value is -2.33. The molecule has 0 saturated carbocycles. The number of piperidine rings is 1. The first-order valence-corrected chi connectivity index (χ1v) is 9.66. The molecular weight excluding hydrogens is 320 g/mol. The third-order valence-corrected chi connectivity index (χ3v) is 5.53. The van der Waals surface area contributed by atoms with Crippen LogP contribution in [0.5, 0.6) is 0 Å². The fourth-order valence-corrected chi connectivity index (χ4v) is 3.85. The minimum Gasteiger partial charge on any atom is -0.371 e. The maximum absolute atomic E-state index is 5.00. The maximum atomic E-state index is 5.00. The van der Waals surface area contributed by atoms with Crippen molar-refractivity contribution in [2.24, 2.45) is 4.99 Å². The number of aliphatic imine (C=N–C) groups is 1. The van der Waals surface area contributed by atoms with E-state index in [-0.39, 0.29) is 5.54 Å². The molecule has 0 unspecified atom stereocenters. The lowest BCUT2D eigenvalue weighted by molar-refractivity contribution is 0.412. The Balaban J connectivity index is 1.56. The molecule has 1 fully saturated rings. The number of para-hydroxylation sites is 2. The van der Waals surface area contributed by atoms with Crippen molar-refractivity contribution in [3.05, 3.63) is 59.7 Å². The molecule has 1 saturated heterocycles. The summed E-state index contributed by atoms with van der Waals surface area (Å²) in [6, 6.07) is 17.2. The van der Waals surface area contributed by atoms with E-state index in [2.05, 4.69) is 72.3 Å². The fourth-order valence-electron chi connectivity index (χ4n) is 3.85. The minimum absolute atomic E-state index is 0.0858. The van der Waals surface area contributed by atoms with Gasteiger partial charge in [-0.2, -0.15) is 0 Å². The van der Waals surface area contributed by atoms with Crippen molar-refractivity contribution in [2.45, 2.75) is 44.7 Å². The molecule has 2 aromatic carbocycles. The van der Waals surface area contributed by atoms with Gasteiger partial charge in [-0.25, -0.2) is 4.99 Å². The van der Waals surface area contributed by atoms with Crippen molar-refractivity contribution in [1.29, 1.82) is 0 Å². The molecule has 2 aliphatic rings. The number of anilines is 1. The van der Waals surface area contributed by atoms with Gasteiger partial charge in [-0.15, -0.1) is 0 Å².